The zero-order valence-corrected chi connectivity index (χ0v) is 19.8. The van der Waals surface area contributed by atoms with Crippen molar-refractivity contribution in [2.24, 2.45) is 11.8 Å². The Labute approximate surface area is 204 Å². The number of piperazine rings is 1. The molecule has 2 aromatic rings. The first-order valence-corrected chi connectivity index (χ1v) is 11.8. The van der Waals surface area contributed by atoms with Gasteiger partial charge in [0.25, 0.3) is 5.91 Å². The minimum Gasteiger partial charge on any atom is -0.481 e. The Morgan fingerprint density at radius 3 is 2.32 bits per heavy atom. The molecule has 8 heteroatoms. The van der Waals surface area contributed by atoms with Crippen LogP contribution in [-0.2, 0) is 9.59 Å². The van der Waals surface area contributed by atoms with Crippen LogP contribution in [0.2, 0.25) is 5.02 Å². The number of carboxylic acid groups (broad SMARTS) is 1. The fourth-order valence-electron chi connectivity index (χ4n) is 4.61. The molecule has 1 aliphatic heterocycles. The van der Waals surface area contributed by atoms with E-state index in [-0.39, 0.29) is 11.8 Å². The van der Waals surface area contributed by atoms with Gasteiger partial charge in [-0.05, 0) is 56.2 Å². The molecule has 1 aliphatic carbocycles. The van der Waals surface area contributed by atoms with Crippen LogP contribution >= 0.6 is 11.6 Å². The van der Waals surface area contributed by atoms with Gasteiger partial charge in [-0.3, -0.25) is 14.4 Å². The van der Waals surface area contributed by atoms with E-state index in [0.29, 0.717) is 55.3 Å². The number of halogens is 1. The zero-order valence-electron chi connectivity index (χ0n) is 19.0. The Hall–Kier alpha value is -3.32. The third kappa shape index (κ3) is 5.25. The number of carbonyl (C=O) groups is 3. The normalized spacial score (nSPS) is 20.5. The topological polar surface area (TPSA) is 90.0 Å². The number of rotatable bonds is 5. The maximum absolute atomic E-state index is 13.3. The first-order valence-electron chi connectivity index (χ1n) is 11.4. The lowest BCUT2D eigenvalue weighted by Gasteiger charge is -2.36. The summed E-state index contributed by atoms with van der Waals surface area (Å²) in [5.74, 6) is -2.94. The van der Waals surface area contributed by atoms with Crippen LogP contribution < -0.4 is 10.2 Å². The van der Waals surface area contributed by atoms with Gasteiger partial charge in [0.15, 0.2) is 0 Å². The Kier molecular flexibility index (Phi) is 7.22. The van der Waals surface area contributed by atoms with Gasteiger partial charge >= 0.3 is 5.97 Å². The lowest BCUT2D eigenvalue weighted by atomic mass is 9.79. The van der Waals surface area contributed by atoms with Crippen molar-refractivity contribution in [3.63, 3.8) is 0 Å². The molecule has 4 rings (SSSR count). The number of benzene rings is 2. The van der Waals surface area contributed by atoms with Gasteiger partial charge in [0.2, 0.25) is 5.91 Å². The van der Waals surface area contributed by atoms with Crippen LogP contribution in [0.1, 0.15) is 30.1 Å². The molecule has 7 nitrogen and oxygen atoms in total. The fourth-order valence-corrected chi connectivity index (χ4v) is 4.73. The van der Waals surface area contributed by atoms with E-state index in [4.69, 9.17) is 11.6 Å². The SMILES string of the molecule is CC1=CC[C@H](C(=O)Nc2ccccc2C(=O)N2CCN(c3ccc(Cl)cc3)CC2)[C@H](C(=O)O)C1. The second-order valence-corrected chi connectivity index (χ2v) is 9.27. The van der Waals surface area contributed by atoms with Crippen LogP contribution in [0.15, 0.2) is 60.2 Å². The minimum atomic E-state index is -0.976. The van der Waals surface area contributed by atoms with Gasteiger partial charge in [0.1, 0.15) is 0 Å². The van der Waals surface area contributed by atoms with E-state index in [1.54, 1.807) is 29.2 Å². The summed E-state index contributed by atoms with van der Waals surface area (Å²) in [5, 5.41) is 13.1. The average molecular weight is 482 g/mol. The summed E-state index contributed by atoms with van der Waals surface area (Å²) >= 11 is 5.98. The molecule has 0 saturated carbocycles. The van der Waals surface area contributed by atoms with Crippen molar-refractivity contribution in [2.75, 3.05) is 36.4 Å². The Morgan fingerprint density at radius 1 is 0.971 bits per heavy atom. The molecular formula is C26H28ClN3O4. The number of aliphatic carboxylic acids is 1. The molecule has 0 radical (unpaired) electrons. The number of hydrogen-bond acceptors (Lipinski definition) is 4. The van der Waals surface area contributed by atoms with Crippen molar-refractivity contribution >= 4 is 40.8 Å². The summed E-state index contributed by atoms with van der Waals surface area (Å²) in [5.41, 5.74) is 2.86. The lowest BCUT2D eigenvalue weighted by molar-refractivity contribution is -0.146. The Bertz CT molecular complexity index is 1110. The summed E-state index contributed by atoms with van der Waals surface area (Å²) in [7, 11) is 0. The highest BCUT2D eigenvalue weighted by atomic mass is 35.5. The van der Waals surface area contributed by atoms with Gasteiger partial charge in [-0.2, -0.15) is 0 Å². The van der Waals surface area contributed by atoms with Crippen molar-refractivity contribution < 1.29 is 19.5 Å². The van der Waals surface area contributed by atoms with Crippen LogP contribution in [0.3, 0.4) is 0 Å². The highest BCUT2D eigenvalue weighted by molar-refractivity contribution is 6.30. The van der Waals surface area contributed by atoms with Gasteiger partial charge in [-0.1, -0.05) is 35.4 Å². The maximum atomic E-state index is 13.3. The summed E-state index contributed by atoms with van der Waals surface area (Å²) in [6.45, 7) is 4.37. The van der Waals surface area contributed by atoms with E-state index in [0.717, 1.165) is 11.3 Å². The molecule has 178 valence electrons. The smallest absolute Gasteiger partial charge is 0.307 e. The van der Waals surface area contributed by atoms with Gasteiger partial charge < -0.3 is 20.2 Å². The molecule has 2 aliphatic rings. The monoisotopic (exact) mass is 481 g/mol. The second-order valence-electron chi connectivity index (χ2n) is 8.83. The molecule has 0 unspecified atom stereocenters. The molecule has 1 saturated heterocycles. The van der Waals surface area contributed by atoms with E-state index in [1.807, 2.05) is 37.3 Å². The van der Waals surface area contributed by atoms with Gasteiger partial charge in [-0.15, -0.1) is 0 Å². The number of allylic oxidation sites excluding steroid dienone is 2. The molecule has 2 aromatic carbocycles. The van der Waals surface area contributed by atoms with E-state index in [1.165, 1.54) is 0 Å². The summed E-state index contributed by atoms with van der Waals surface area (Å²) in [4.78, 5) is 42.0. The van der Waals surface area contributed by atoms with Crippen molar-refractivity contribution in [3.05, 3.63) is 70.8 Å². The van der Waals surface area contributed by atoms with Crippen LogP contribution in [0.4, 0.5) is 11.4 Å². The third-order valence-electron chi connectivity index (χ3n) is 6.58. The molecule has 1 fully saturated rings. The molecule has 0 spiro atoms. The standard InChI is InChI=1S/C26H28ClN3O4/c1-17-6-11-20(22(16-17)26(33)34)24(31)28-23-5-3-2-4-21(23)25(32)30-14-12-29(13-15-30)19-9-7-18(27)8-10-19/h2-10,20,22H,11-16H2,1H3,(H,28,31)(H,33,34)/t20-,22+/m0/s1. The molecular weight excluding hydrogens is 454 g/mol. The number of anilines is 2. The maximum Gasteiger partial charge on any atom is 0.307 e. The molecule has 2 amide bonds. The highest BCUT2D eigenvalue weighted by Gasteiger charge is 2.36. The predicted molar refractivity (Wildman–Crippen MR) is 132 cm³/mol. The van der Waals surface area contributed by atoms with Gasteiger partial charge in [0, 0.05) is 36.9 Å². The molecule has 1 heterocycles. The van der Waals surface area contributed by atoms with E-state index in [2.05, 4.69) is 10.2 Å². The molecule has 0 aromatic heterocycles. The van der Waals surface area contributed by atoms with Crippen molar-refractivity contribution in [3.8, 4) is 0 Å². The average Bonchev–Trinajstić information content (AvgIpc) is 2.84. The first kappa shape index (κ1) is 23.8. The second kappa shape index (κ2) is 10.3. The van der Waals surface area contributed by atoms with E-state index < -0.39 is 17.8 Å². The number of carboxylic acids is 1. The molecule has 2 atom stereocenters. The van der Waals surface area contributed by atoms with Crippen molar-refractivity contribution in [1.29, 1.82) is 0 Å². The Morgan fingerprint density at radius 2 is 1.65 bits per heavy atom. The quantitative estimate of drug-likeness (QED) is 0.621. The fraction of sp³-hybridized carbons (Fsp3) is 0.346. The van der Waals surface area contributed by atoms with Crippen molar-refractivity contribution in [1.82, 2.24) is 4.90 Å². The summed E-state index contributed by atoms with van der Waals surface area (Å²) in [6, 6.07) is 14.5. The number of hydrogen-bond donors (Lipinski definition) is 2. The van der Waals surface area contributed by atoms with Crippen LogP contribution in [0.25, 0.3) is 0 Å². The van der Waals surface area contributed by atoms with E-state index in [9.17, 15) is 19.5 Å². The molecule has 0 bridgehead atoms. The largest absolute Gasteiger partial charge is 0.481 e. The molecule has 2 N–H and O–H groups in total. The van der Waals surface area contributed by atoms with Crippen LogP contribution in [0, 0.1) is 11.8 Å². The zero-order chi connectivity index (χ0) is 24.2. The van der Waals surface area contributed by atoms with Crippen LogP contribution in [-0.4, -0.2) is 54.0 Å². The predicted octanol–water partition coefficient (Wildman–Crippen LogP) is 4.30. The lowest BCUT2D eigenvalue weighted by Crippen LogP contribution is -2.49. The Balaban J connectivity index is 1.44. The third-order valence-corrected chi connectivity index (χ3v) is 6.83. The number of para-hydroxylation sites is 1. The van der Waals surface area contributed by atoms with Gasteiger partial charge in [-0.25, -0.2) is 0 Å². The number of nitrogens with zero attached hydrogens (tertiary/aromatic N) is 2. The van der Waals surface area contributed by atoms with Crippen LogP contribution in [0.5, 0.6) is 0 Å². The van der Waals surface area contributed by atoms with Gasteiger partial charge in [0.05, 0.1) is 23.1 Å². The number of amides is 2. The molecule has 34 heavy (non-hydrogen) atoms. The number of nitrogens with one attached hydrogen (secondary N) is 1. The minimum absolute atomic E-state index is 0.152. The van der Waals surface area contributed by atoms with E-state index >= 15 is 0 Å². The summed E-state index contributed by atoms with van der Waals surface area (Å²) in [6.07, 6.45) is 2.64. The first-order chi connectivity index (χ1) is 16.3. The number of carbonyl (C=O) groups excluding carboxylic acids is 2. The summed E-state index contributed by atoms with van der Waals surface area (Å²) < 4.78 is 0. The highest BCUT2D eigenvalue weighted by Crippen LogP contribution is 2.31. The van der Waals surface area contributed by atoms with Crippen molar-refractivity contribution in [2.45, 2.75) is 19.8 Å².